The zero-order chi connectivity index (χ0) is 59.8. The minimum atomic E-state index is -3.65. The number of ketones is 2. The molecule has 2 saturated carbocycles. The summed E-state index contributed by atoms with van der Waals surface area (Å²) >= 11 is 0. The van der Waals surface area contributed by atoms with Crippen molar-refractivity contribution in [2.24, 2.45) is 24.4 Å². The number of carbonyl (C=O) groups excluding carboxylic acids is 3. The molecule has 4 aromatic carbocycles. The third-order valence-electron chi connectivity index (χ3n) is 16.5. The number of carboxylic acid groups (broad SMARTS) is 1. The van der Waals surface area contributed by atoms with Crippen LogP contribution in [0.25, 0.3) is 44.3 Å². The number of rotatable bonds is 28. The number of carbonyl (C=O) groups is 4. The molecule has 0 unspecified atom stereocenters. The van der Waals surface area contributed by atoms with Gasteiger partial charge in [-0.25, -0.2) is 19.9 Å². The van der Waals surface area contributed by atoms with Crippen LogP contribution in [0.1, 0.15) is 172 Å². The van der Waals surface area contributed by atoms with Crippen LogP contribution in [-0.2, 0) is 48.8 Å². The van der Waals surface area contributed by atoms with E-state index >= 15 is 0 Å². The van der Waals surface area contributed by atoms with Crippen molar-refractivity contribution >= 4 is 65.7 Å². The van der Waals surface area contributed by atoms with E-state index in [-0.39, 0.29) is 71.3 Å². The van der Waals surface area contributed by atoms with Crippen LogP contribution in [-0.4, -0.2) is 116 Å². The van der Waals surface area contributed by atoms with E-state index in [1.165, 1.54) is 70.9 Å². The van der Waals surface area contributed by atoms with Crippen molar-refractivity contribution in [2.75, 3.05) is 47.5 Å². The number of esters is 1. The summed E-state index contributed by atoms with van der Waals surface area (Å²) in [6.07, 6.45) is 18.5. The fourth-order valence-corrected chi connectivity index (χ4v) is 12.6. The molecule has 0 bridgehead atoms. The van der Waals surface area contributed by atoms with E-state index in [4.69, 9.17) is 24.5 Å². The molecule has 8 rings (SSSR count). The van der Waals surface area contributed by atoms with Gasteiger partial charge in [-0.3, -0.25) is 9.59 Å². The molecule has 2 heterocycles. The molecule has 0 saturated heterocycles. The average Bonchev–Trinajstić information content (AvgIpc) is 1.73. The standard InChI is InChI=1S/C32H43N3O6S.C31H41N3O6S.Na.H2O/c1-34(42(33,38)39)20-12-5-4-9-15-25(36)22-41-29-17-11-10-16-27(29)31-30(23-13-7-6-8-14-23)26-19-18-24(32(37)40-3)21-28(26)35(31)2;1-33(41(32,38)39)19-11-4-3-8-14-24(35)21-40-28-16-10-9-15-26(28)30-29(22-12-6-5-7-13-22)25-18-17-23(31(36)37)20-27(25)34(30)2;;/h10-11,16-19,21,23H,4-9,12-15,20,22H2,1-3H3,(H2,33,38,39);9-10,15-18,20,22H,3-8,11-14,19,21H2,1-2H3,(H,36,37)(H2,32,38,39);;1H2/q;;+1;/p-1. The number of methoxy groups -OCH3 is 1. The van der Waals surface area contributed by atoms with Gasteiger partial charge in [0.2, 0.25) is 0 Å². The van der Waals surface area contributed by atoms with Crippen molar-refractivity contribution in [2.45, 2.75) is 140 Å². The minimum absolute atomic E-state index is 0. The summed E-state index contributed by atoms with van der Waals surface area (Å²) in [5.41, 5.74) is 9.03. The number of aromatic nitrogens is 2. The molecule has 19 nitrogen and oxygen atoms in total. The molecule has 0 atom stereocenters. The Bertz CT molecular complexity index is 3460. The van der Waals surface area contributed by atoms with Crippen LogP contribution in [0, 0.1) is 0 Å². The third-order valence-corrected chi connectivity index (χ3v) is 18.6. The Hall–Kier alpha value is -5.46. The number of unbranched alkanes of at least 4 members (excludes halogenated alkanes) is 6. The molecule has 0 radical (unpaired) electrons. The Balaban J connectivity index is 0.000000304. The monoisotopic (exact) mass is 1220 g/mol. The molecule has 2 aliphatic carbocycles. The van der Waals surface area contributed by atoms with Crippen LogP contribution in [0.5, 0.6) is 11.5 Å². The zero-order valence-corrected chi connectivity index (χ0v) is 54.0. The number of aromatic carboxylic acids is 1. The summed E-state index contributed by atoms with van der Waals surface area (Å²) in [4.78, 5) is 49.4. The van der Waals surface area contributed by atoms with Crippen LogP contribution < -0.4 is 49.3 Å². The summed E-state index contributed by atoms with van der Waals surface area (Å²) in [7, 11) is 0.996. The van der Waals surface area contributed by atoms with Gasteiger partial charge < -0.3 is 33.9 Å². The quantitative estimate of drug-likeness (QED) is 0.0238. The Morgan fingerprint density at radius 3 is 1.33 bits per heavy atom. The summed E-state index contributed by atoms with van der Waals surface area (Å²) < 4.78 is 68.8. The second-order valence-electron chi connectivity index (χ2n) is 22.3. The number of benzene rings is 4. The first-order valence-electron chi connectivity index (χ1n) is 29.2. The Labute approximate surface area is 523 Å². The molecule has 2 fully saturated rings. The third kappa shape index (κ3) is 18.8. The number of nitrogens with zero attached hydrogens (tertiary/aromatic N) is 4. The van der Waals surface area contributed by atoms with Gasteiger partial charge in [0.05, 0.1) is 29.6 Å². The number of aryl methyl sites for hydroxylation is 2. The van der Waals surface area contributed by atoms with Crippen molar-refractivity contribution in [1.29, 1.82) is 0 Å². The van der Waals surface area contributed by atoms with E-state index < -0.39 is 26.4 Å². The van der Waals surface area contributed by atoms with Crippen LogP contribution in [0.3, 0.4) is 0 Å². The number of Topliss-reactive ketones (excluding diaryl/α,β-unsaturated/α-hetero) is 2. The van der Waals surface area contributed by atoms with E-state index in [9.17, 15) is 41.1 Å². The first-order valence-corrected chi connectivity index (χ1v) is 32.2. The second-order valence-corrected chi connectivity index (χ2v) is 25.6. The van der Waals surface area contributed by atoms with Crippen molar-refractivity contribution in [3.63, 3.8) is 0 Å². The van der Waals surface area contributed by atoms with Gasteiger partial charge in [-0.1, -0.05) is 101 Å². The largest absolute Gasteiger partial charge is 1.00 e. The average molecular weight is 1220 g/mol. The van der Waals surface area contributed by atoms with Gasteiger partial charge in [0.1, 0.15) is 24.7 Å². The molecule has 0 aliphatic heterocycles. The second kappa shape index (κ2) is 33.0. The van der Waals surface area contributed by atoms with Crippen LogP contribution >= 0.6 is 0 Å². The molecular formula is C63H85N6NaO13S2. The van der Waals surface area contributed by atoms with Crippen molar-refractivity contribution in [1.82, 2.24) is 17.7 Å². The van der Waals surface area contributed by atoms with Crippen LogP contribution in [0.2, 0.25) is 0 Å². The van der Waals surface area contributed by atoms with E-state index in [2.05, 4.69) is 9.13 Å². The minimum Gasteiger partial charge on any atom is -0.870 e. The molecule has 85 heavy (non-hydrogen) atoms. The summed E-state index contributed by atoms with van der Waals surface area (Å²) in [5.74, 6) is 0.791. The first-order chi connectivity index (χ1) is 39.7. The maximum atomic E-state index is 12.7. The predicted molar refractivity (Wildman–Crippen MR) is 327 cm³/mol. The maximum Gasteiger partial charge on any atom is 1.00 e. The van der Waals surface area contributed by atoms with E-state index in [1.54, 1.807) is 12.1 Å². The molecule has 6 aromatic rings. The Kier molecular flexibility index (Phi) is 27.3. The number of nitrogens with two attached hydrogens (primary N) is 2. The van der Waals surface area contributed by atoms with E-state index in [0.29, 0.717) is 74.1 Å². The Morgan fingerprint density at radius 1 is 0.565 bits per heavy atom. The van der Waals surface area contributed by atoms with Gasteiger partial charge in [0.25, 0.3) is 20.4 Å². The van der Waals surface area contributed by atoms with Crippen LogP contribution in [0.4, 0.5) is 0 Å². The van der Waals surface area contributed by atoms with E-state index in [1.807, 2.05) is 86.9 Å². The normalized spacial score (nSPS) is 14.1. The number of para-hydroxylation sites is 2. The maximum absolute atomic E-state index is 12.7. The van der Waals surface area contributed by atoms with Crippen molar-refractivity contribution in [3.8, 4) is 34.0 Å². The van der Waals surface area contributed by atoms with Crippen molar-refractivity contribution < 1.29 is 90.4 Å². The van der Waals surface area contributed by atoms with Gasteiger partial charge in [-0.05, 0) is 123 Å². The molecule has 22 heteroatoms. The number of carboxylic acids is 1. The number of ether oxygens (including phenoxy) is 3. The molecule has 2 aromatic heterocycles. The van der Waals surface area contributed by atoms with Gasteiger partial charge in [0.15, 0.2) is 11.6 Å². The van der Waals surface area contributed by atoms with Gasteiger partial charge in [0, 0.05) is 87.1 Å². The summed E-state index contributed by atoms with van der Waals surface area (Å²) in [5, 5.41) is 22.0. The van der Waals surface area contributed by atoms with Gasteiger partial charge in [-0.2, -0.15) is 25.4 Å². The molecule has 0 amide bonds. The Morgan fingerprint density at radius 2 is 0.941 bits per heavy atom. The fourth-order valence-electron chi connectivity index (χ4n) is 11.9. The first kappa shape index (κ1) is 70.3. The SMILES string of the molecule is CN(CCCCCCC(=O)COc1ccccc1-c1c(C2CCCCC2)c2ccc(C(=O)O)cc2n1C)S(N)(=O)=O.COC(=O)c1ccc2c(C3CCCCC3)c(-c3ccccc3OCC(=O)CCCCCCN(C)S(N)(=O)=O)n(C)c2c1.[Na+].[OH-]. The number of hydrogen-bond donors (Lipinski definition) is 3. The van der Waals surface area contributed by atoms with Crippen LogP contribution in [0.15, 0.2) is 84.9 Å². The molecule has 0 spiro atoms. The predicted octanol–water partition coefficient (Wildman–Crippen LogP) is 8.17. The molecular weight excluding hydrogens is 1140 g/mol. The molecule has 458 valence electrons. The number of hydrogen-bond acceptors (Lipinski definition) is 12. The van der Waals surface area contributed by atoms with E-state index in [0.717, 1.165) is 111 Å². The fraction of sp³-hybridized carbons (Fsp3) is 0.492. The number of fused-ring (bicyclic) bond motifs is 2. The molecule has 2 aliphatic rings. The van der Waals surface area contributed by atoms with Gasteiger partial charge in [-0.15, -0.1) is 0 Å². The smallest absolute Gasteiger partial charge is 0.870 e. The summed E-state index contributed by atoms with van der Waals surface area (Å²) in [6.45, 7) is 0.687. The topological polar surface area (TPSA) is 283 Å². The summed E-state index contributed by atoms with van der Waals surface area (Å²) in [6, 6.07) is 26.7. The molecule has 6 N–H and O–H groups in total. The van der Waals surface area contributed by atoms with Crippen molar-refractivity contribution in [3.05, 3.63) is 107 Å². The zero-order valence-electron chi connectivity index (χ0n) is 50.4. The van der Waals surface area contributed by atoms with Gasteiger partial charge >= 0.3 is 41.5 Å².